The van der Waals surface area contributed by atoms with Gasteiger partial charge in [-0.3, -0.25) is 0 Å². The molecule has 26 heavy (non-hydrogen) atoms. The van der Waals surface area contributed by atoms with E-state index in [-0.39, 0.29) is 0 Å². The minimum atomic E-state index is 0.297. The zero-order valence-corrected chi connectivity index (χ0v) is 16.7. The van der Waals surface area contributed by atoms with Crippen molar-refractivity contribution in [2.24, 2.45) is 11.8 Å². The van der Waals surface area contributed by atoms with Crippen LogP contribution >= 0.6 is 0 Å². The van der Waals surface area contributed by atoms with Gasteiger partial charge in [-0.15, -0.1) is 0 Å². The van der Waals surface area contributed by atoms with Crippen LogP contribution in [0.25, 0.3) is 0 Å². The fourth-order valence-corrected chi connectivity index (χ4v) is 4.26. The van der Waals surface area contributed by atoms with E-state index in [0.717, 1.165) is 0 Å². The Balaban J connectivity index is 1.93. The molecule has 1 fully saturated rings. The monoisotopic (exact) mass is 350 g/mol. The lowest BCUT2D eigenvalue weighted by Crippen LogP contribution is -2.59. The predicted octanol–water partition coefficient (Wildman–Crippen LogP) is 5.49. The number of hydrogen-bond acceptors (Lipinski definition) is 2. The first-order chi connectivity index (χ1) is 12.5. The summed E-state index contributed by atoms with van der Waals surface area (Å²) in [4.78, 5) is 0. The van der Waals surface area contributed by atoms with Gasteiger partial charge in [0.05, 0.1) is 12.1 Å². The highest BCUT2D eigenvalue weighted by Gasteiger charge is 2.37. The van der Waals surface area contributed by atoms with Gasteiger partial charge in [-0.05, 0) is 35.8 Å². The Morgan fingerprint density at radius 1 is 0.615 bits per heavy atom. The molecular formula is C24H34N2. The van der Waals surface area contributed by atoms with Crippen LogP contribution in [0, 0.1) is 11.8 Å². The van der Waals surface area contributed by atoms with Gasteiger partial charge >= 0.3 is 0 Å². The summed E-state index contributed by atoms with van der Waals surface area (Å²) in [5.74, 6) is 1.38. The van der Waals surface area contributed by atoms with E-state index >= 15 is 0 Å². The Labute approximate surface area is 159 Å². The molecule has 1 saturated heterocycles. The van der Waals surface area contributed by atoms with Crippen molar-refractivity contribution in [3.8, 4) is 0 Å². The molecule has 0 saturated carbocycles. The van der Waals surface area contributed by atoms with Crippen molar-refractivity contribution in [1.82, 2.24) is 10.6 Å². The van der Waals surface area contributed by atoms with Crippen molar-refractivity contribution < 1.29 is 0 Å². The lowest BCUT2D eigenvalue weighted by atomic mass is 9.83. The number of piperazine rings is 1. The number of hydrogen-bond donors (Lipinski definition) is 2. The molecule has 1 aliphatic rings. The van der Waals surface area contributed by atoms with Gasteiger partial charge in [0.2, 0.25) is 0 Å². The quantitative estimate of drug-likeness (QED) is 0.719. The number of benzene rings is 2. The Hall–Kier alpha value is -1.64. The zero-order valence-electron chi connectivity index (χ0n) is 16.7. The smallest absolute Gasteiger partial charge is 0.0521 e. The molecule has 0 amide bonds. The molecule has 3 rings (SSSR count). The van der Waals surface area contributed by atoms with E-state index in [4.69, 9.17) is 0 Å². The molecule has 1 heterocycles. The Kier molecular flexibility index (Phi) is 6.50. The van der Waals surface area contributed by atoms with Crippen LogP contribution in [0.15, 0.2) is 60.7 Å². The Morgan fingerprint density at radius 2 is 0.962 bits per heavy atom. The fraction of sp³-hybridized carbons (Fsp3) is 0.500. The highest BCUT2D eigenvalue weighted by Crippen LogP contribution is 2.35. The van der Waals surface area contributed by atoms with Gasteiger partial charge in [0.15, 0.2) is 0 Å². The summed E-state index contributed by atoms with van der Waals surface area (Å²) < 4.78 is 0. The van der Waals surface area contributed by atoms with Gasteiger partial charge in [0, 0.05) is 12.1 Å². The van der Waals surface area contributed by atoms with Gasteiger partial charge in [0.25, 0.3) is 0 Å². The van der Waals surface area contributed by atoms with Crippen molar-refractivity contribution in [1.29, 1.82) is 0 Å². The second-order valence-corrected chi connectivity index (χ2v) is 8.58. The molecule has 0 spiro atoms. The minimum absolute atomic E-state index is 0.297. The summed E-state index contributed by atoms with van der Waals surface area (Å²) >= 11 is 0. The zero-order chi connectivity index (χ0) is 18.5. The lowest BCUT2D eigenvalue weighted by Gasteiger charge is -2.45. The molecule has 0 aromatic heterocycles. The third-order valence-electron chi connectivity index (χ3n) is 5.37. The van der Waals surface area contributed by atoms with E-state index in [1.54, 1.807) is 0 Å². The highest BCUT2D eigenvalue weighted by molar-refractivity contribution is 5.29. The molecule has 0 unspecified atom stereocenters. The van der Waals surface area contributed by atoms with Gasteiger partial charge in [-0.25, -0.2) is 0 Å². The van der Waals surface area contributed by atoms with Gasteiger partial charge < -0.3 is 10.6 Å². The maximum Gasteiger partial charge on any atom is 0.0521 e. The predicted molar refractivity (Wildman–Crippen MR) is 111 cm³/mol. The normalized spacial score (nSPS) is 26.4. The first-order valence-corrected chi connectivity index (χ1v) is 10.2. The first kappa shape index (κ1) is 19.1. The second kappa shape index (κ2) is 8.83. The molecule has 0 bridgehead atoms. The van der Waals surface area contributed by atoms with Crippen LogP contribution in [-0.4, -0.2) is 12.1 Å². The average Bonchev–Trinajstić information content (AvgIpc) is 2.63. The lowest BCUT2D eigenvalue weighted by molar-refractivity contribution is 0.173. The van der Waals surface area contributed by atoms with Crippen molar-refractivity contribution in [3.63, 3.8) is 0 Å². The van der Waals surface area contributed by atoms with Crippen LogP contribution in [0.2, 0.25) is 0 Å². The second-order valence-electron chi connectivity index (χ2n) is 8.58. The van der Waals surface area contributed by atoms with Crippen LogP contribution in [0.3, 0.4) is 0 Å². The van der Waals surface area contributed by atoms with E-state index in [0.29, 0.717) is 36.0 Å². The van der Waals surface area contributed by atoms with Gasteiger partial charge in [0.1, 0.15) is 0 Å². The van der Waals surface area contributed by atoms with E-state index in [9.17, 15) is 0 Å². The maximum absolute atomic E-state index is 4.04. The maximum atomic E-state index is 4.04. The molecular weight excluding hydrogens is 316 g/mol. The van der Waals surface area contributed by atoms with E-state index in [2.05, 4.69) is 99.0 Å². The van der Waals surface area contributed by atoms with Crippen LogP contribution in [-0.2, 0) is 0 Å². The van der Waals surface area contributed by atoms with Crippen molar-refractivity contribution >= 4 is 0 Å². The number of rotatable bonds is 6. The van der Waals surface area contributed by atoms with Crippen LogP contribution in [0.4, 0.5) is 0 Å². The molecule has 2 aromatic rings. The van der Waals surface area contributed by atoms with Crippen molar-refractivity contribution in [2.75, 3.05) is 0 Å². The summed E-state index contributed by atoms with van der Waals surface area (Å²) in [7, 11) is 0. The van der Waals surface area contributed by atoms with Crippen LogP contribution in [0.1, 0.15) is 63.7 Å². The molecule has 0 aliphatic carbocycles. The molecule has 1 aliphatic heterocycles. The number of nitrogens with one attached hydrogen (secondary N) is 2. The SMILES string of the molecule is CC(C)C[C@@H]1N[C@H](c2ccccc2)[C@@H](c2ccccc2)N[C@H]1CC(C)C. The molecule has 2 N–H and O–H groups in total. The average molecular weight is 351 g/mol. The minimum Gasteiger partial charge on any atom is -0.304 e. The summed E-state index contributed by atoms with van der Waals surface area (Å²) in [5.41, 5.74) is 2.73. The van der Waals surface area contributed by atoms with Crippen molar-refractivity contribution in [2.45, 2.75) is 64.7 Å². The molecule has 2 heteroatoms. The fourth-order valence-electron chi connectivity index (χ4n) is 4.26. The standard InChI is InChI=1S/C24H34N2/c1-17(2)15-21-22(16-18(3)4)26-24(20-13-9-6-10-14-20)23(25-21)19-11-7-5-8-12-19/h5-14,17-18,21-26H,15-16H2,1-4H3/t21-,22-,23+,24+/m0/s1. The van der Waals surface area contributed by atoms with E-state index < -0.39 is 0 Å². The van der Waals surface area contributed by atoms with E-state index in [1.165, 1.54) is 24.0 Å². The Bertz CT molecular complexity index is 591. The van der Waals surface area contributed by atoms with Gasteiger partial charge in [-0.2, -0.15) is 0 Å². The molecule has 2 aromatic carbocycles. The third-order valence-corrected chi connectivity index (χ3v) is 5.37. The van der Waals surface area contributed by atoms with E-state index in [1.807, 2.05) is 0 Å². The largest absolute Gasteiger partial charge is 0.304 e. The summed E-state index contributed by atoms with van der Waals surface area (Å²) in [6.07, 6.45) is 2.41. The van der Waals surface area contributed by atoms with Gasteiger partial charge in [-0.1, -0.05) is 88.4 Å². The topological polar surface area (TPSA) is 24.1 Å². The third kappa shape index (κ3) is 4.75. The van der Waals surface area contributed by atoms with Crippen molar-refractivity contribution in [3.05, 3.63) is 71.8 Å². The summed E-state index contributed by atoms with van der Waals surface area (Å²) in [6.45, 7) is 9.31. The van der Waals surface area contributed by atoms with Crippen LogP contribution < -0.4 is 10.6 Å². The molecule has 0 radical (unpaired) electrons. The summed E-state index contributed by atoms with van der Waals surface area (Å²) in [5, 5.41) is 8.09. The summed E-state index contributed by atoms with van der Waals surface area (Å²) in [6, 6.07) is 23.4. The Morgan fingerprint density at radius 3 is 1.27 bits per heavy atom. The molecule has 4 atom stereocenters. The highest BCUT2D eigenvalue weighted by atomic mass is 15.1. The molecule has 140 valence electrons. The molecule has 2 nitrogen and oxygen atoms in total. The van der Waals surface area contributed by atoms with Crippen LogP contribution in [0.5, 0.6) is 0 Å². The first-order valence-electron chi connectivity index (χ1n) is 10.2.